The highest BCUT2D eigenvalue weighted by Crippen LogP contribution is 2.31. The highest BCUT2D eigenvalue weighted by molar-refractivity contribution is 6.00. The van der Waals surface area contributed by atoms with E-state index in [0.717, 1.165) is 36.0 Å². The minimum atomic E-state index is -0.304. The fraction of sp³-hybridized carbons (Fsp3) is 0.478. The molecule has 3 rings (SSSR count). The maximum absolute atomic E-state index is 12.7. The molecule has 1 N–H and O–H groups in total. The Balaban J connectivity index is 1.80. The van der Waals surface area contributed by atoms with E-state index in [9.17, 15) is 14.4 Å². The van der Waals surface area contributed by atoms with Crippen LogP contribution in [0.5, 0.6) is 0 Å². The number of aromatic nitrogens is 1. The van der Waals surface area contributed by atoms with Crippen LogP contribution in [0.1, 0.15) is 43.1 Å². The summed E-state index contributed by atoms with van der Waals surface area (Å²) in [4.78, 5) is 42.9. The zero-order chi connectivity index (χ0) is 22.2. The van der Waals surface area contributed by atoms with Gasteiger partial charge in [0, 0.05) is 37.1 Å². The van der Waals surface area contributed by atoms with E-state index in [0.29, 0.717) is 31.8 Å². The summed E-state index contributed by atoms with van der Waals surface area (Å²) in [5.74, 6) is -0.956. The maximum atomic E-state index is 12.7. The van der Waals surface area contributed by atoms with E-state index in [1.54, 1.807) is 6.07 Å². The van der Waals surface area contributed by atoms with Crippen molar-refractivity contribution in [3.8, 4) is 0 Å². The number of hydrogen-bond acceptors (Lipinski definition) is 7. The van der Waals surface area contributed by atoms with Gasteiger partial charge in [0.05, 0.1) is 25.2 Å². The van der Waals surface area contributed by atoms with Gasteiger partial charge in [-0.05, 0) is 38.3 Å². The Morgan fingerprint density at radius 3 is 2.84 bits per heavy atom. The number of anilines is 1. The third-order valence-corrected chi connectivity index (χ3v) is 5.38. The number of ether oxygens (including phenoxy) is 2. The first-order chi connectivity index (χ1) is 15.0. The van der Waals surface area contributed by atoms with Crippen LogP contribution in [0, 0.1) is 5.92 Å². The third kappa shape index (κ3) is 5.71. The largest absolute Gasteiger partial charge is 0.469 e. The van der Waals surface area contributed by atoms with E-state index >= 15 is 0 Å². The standard InChI is InChI=1S/C23H29N3O5/c1-3-31-23(29)16-8-7-13-26(15-16)20-14-19(25-18-10-5-4-9-17(18)20)22(28)24-12-6-11-21(27)30-2/h4-5,9-10,14,16H,3,6-8,11-13,15H2,1-2H3,(H,24,28). The molecule has 0 saturated carbocycles. The van der Waals surface area contributed by atoms with Crippen molar-refractivity contribution in [3.63, 3.8) is 0 Å². The molecule has 2 aromatic rings. The molecule has 166 valence electrons. The van der Waals surface area contributed by atoms with E-state index in [4.69, 9.17) is 4.74 Å². The minimum absolute atomic E-state index is 0.172. The van der Waals surface area contributed by atoms with Gasteiger partial charge in [-0.2, -0.15) is 0 Å². The number of piperidine rings is 1. The number of carbonyl (C=O) groups is 3. The van der Waals surface area contributed by atoms with Gasteiger partial charge in [0.25, 0.3) is 5.91 Å². The van der Waals surface area contributed by atoms with Crippen LogP contribution >= 0.6 is 0 Å². The first-order valence-electron chi connectivity index (χ1n) is 10.7. The second-order valence-electron chi connectivity index (χ2n) is 7.52. The van der Waals surface area contributed by atoms with Gasteiger partial charge >= 0.3 is 11.9 Å². The molecule has 8 nitrogen and oxygen atoms in total. The number of benzene rings is 1. The predicted molar refractivity (Wildman–Crippen MR) is 117 cm³/mol. The van der Waals surface area contributed by atoms with Crippen molar-refractivity contribution in [1.82, 2.24) is 10.3 Å². The van der Waals surface area contributed by atoms with Crippen molar-refractivity contribution >= 4 is 34.4 Å². The zero-order valence-corrected chi connectivity index (χ0v) is 18.1. The molecular formula is C23H29N3O5. The molecule has 0 spiro atoms. The number of carbonyl (C=O) groups excluding carboxylic acids is 3. The molecule has 1 atom stereocenters. The number of fused-ring (bicyclic) bond motifs is 1. The normalized spacial score (nSPS) is 16.1. The Morgan fingerprint density at radius 1 is 1.26 bits per heavy atom. The van der Waals surface area contributed by atoms with Crippen molar-refractivity contribution in [2.24, 2.45) is 5.92 Å². The number of amides is 1. The van der Waals surface area contributed by atoms with Gasteiger partial charge in [-0.15, -0.1) is 0 Å². The first-order valence-corrected chi connectivity index (χ1v) is 10.7. The van der Waals surface area contributed by atoms with Crippen molar-refractivity contribution < 1.29 is 23.9 Å². The van der Waals surface area contributed by atoms with E-state index < -0.39 is 0 Å². The molecule has 31 heavy (non-hydrogen) atoms. The van der Waals surface area contributed by atoms with Crippen molar-refractivity contribution in [2.45, 2.75) is 32.6 Å². The molecule has 1 aromatic heterocycles. The Bertz CT molecular complexity index is 946. The van der Waals surface area contributed by atoms with Gasteiger partial charge in [0.15, 0.2) is 0 Å². The van der Waals surface area contributed by atoms with E-state index in [1.165, 1.54) is 7.11 Å². The molecule has 8 heteroatoms. The van der Waals surface area contributed by atoms with Crippen LogP contribution in [0.15, 0.2) is 30.3 Å². The maximum Gasteiger partial charge on any atom is 0.310 e. The highest BCUT2D eigenvalue weighted by atomic mass is 16.5. The van der Waals surface area contributed by atoms with Gasteiger partial charge in [-0.3, -0.25) is 14.4 Å². The summed E-state index contributed by atoms with van der Waals surface area (Å²) in [6, 6.07) is 9.45. The van der Waals surface area contributed by atoms with Gasteiger partial charge in [-0.25, -0.2) is 4.98 Å². The van der Waals surface area contributed by atoms with E-state index in [1.807, 2.05) is 31.2 Å². The Labute approximate surface area is 181 Å². The minimum Gasteiger partial charge on any atom is -0.469 e. The molecule has 1 amide bonds. The van der Waals surface area contributed by atoms with E-state index in [-0.39, 0.29) is 30.2 Å². The number of pyridine rings is 1. The lowest BCUT2D eigenvalue weighted by molar-refractivity contribution is -0.148. The van der Waals surface area contributed by atoms with Crippen molar-refractivity contribution in [3.05, 3.63) is 36.0 Å². The summed E-state index contributed by atoms with van der Waals surface area (Å²) in [6.07, 6.45) is 2.41. The van der Waals surface area contributed by atoms with Crippen LogP contribution in [0.3, 0.4) is 0 Å². The molecule has 1 aliphatic rings. The lowest BCUT2D eigenvalue weighted by Gasteiger charge is -2.34. The van der Waals surface area contributed by atoms with Crippen LogP contribution in [-0.4, -0.2) is 56.2 Å². The molecule has 0 bridgehead atoms. The van der Waals surface area contributed by atoms with Gasteiger partial charge in [0.2, 0.25) is 0 Å². The second kappa shape index (κ2) is 10.7. The van der Waals surface area contributed by atoms with Gasteiger partial charge in [-0.1, -0.05) is 18.2 Å². The second-order valence-corrected chi connectivity index (χ2v) is 7.52. The van der Waals surface area contributed by atoms with Gasteiger partial charge in [0.1, 0.15) is 5.69 Å². The zero-order valence-electron chi connectivity index (χ0n) is 18.1. The molecule has 1 saturated heterocycles. The Hall–Kier alpha value is -3.16. The number of methoxy groups -OCH3 is 1. The van der Waals surface area contributed by atoms with Crippen LogP contribution in [0.25, 0.3) is 10.9 Å². The molecule has 1 aromatic carbocycles. The summed E-state index contributed by atoms with van der Waals surface area (Å²) in [6.45, 7) is 3.88. The number of nitrogens with one attached hydrogen (secondary N) is 1. The van der Waals surface area contributed by atoms with E-state index in [2.05, 4.69) is 19.9 Å². The molecule has 0 radical (unpaired) electrons. The lowest BCUT2D eigenvalue weighted by atomic mass is 9.97. The summed E-state index contributed by atoms with van der Waals surface area (Å²) < 4.78 is 9.83. The summed E-state index contributed by atoms with van der Waals surface area (Å²) in [5, 5.41) is 3.75. The van der Waals surface area contributed by atoms with Gasteiger partial charge < -0.3 is 19.7 Å². The van der Waals surface area contributed by atoms with Crippen LogP contribution < -0.4 is 10.2 Å². The number of nitrogens with zero attached hydrogens (tertiary/aromatic N) is 2. The topological polar surface area (TPSA) is 97.8 Å². The Kier molecular flexibility index (Phi) is 7.81. The monoisotopic (exact) mass is 427 g/mol. The molecule has 2 heterocycles. The fourth-order valence-electron chi connectivity index (χ4n) is 3.81. The molecule has 1 aliphatic heterocycles. The van der Waals surface area contributed by atoms with Crippen LogP contribution in [0.4, 0.5) is 5.69 Å². The average molecular weight is 428 g/mol. The number of esters is 2. The summed E-state index contributed by atoms with van der Waals surface area (Å²) in [7, 11) is 1.34. The fourth-order valence-corrected chi connectivity index (χ4v) is 3.81. The summed E-state index contributed by atoms with van der Waals surface area (Å²) >= 11 is 0. The average Bonchev–Trinajstić information content (AvgIpc) is 2.81. The highest BCUT2D eigenvalue weighted by Gasteiger charge is 2.28. The molecule has 1 fully saturated rings. The number of hydrogen-bond donors (Lipinski definition) is 1. The third-order valence-electron chi connectivity index (χ3n) is 5.38. The van der Waals surface area contributed by atoms with Crippen LogP contribution in [-0.2, 0) is 19.1 Å². The first kappa shape index (κ1) is 22.5. The molecular weight excluding hydrogens is 398 g/mol. The van der Waals surface area contributed by atoms with Crippen molar-refractivity contribution in [1.29, 1.82) is 0 Å². The van der Waals surface area contributed by atoms with Crippen molar-refractivity contribution in [2.75, 3.05) is 38.3 Å². The SMILES string of the molecule is CCOC(=O)C1CCCN(c2cc(C(=O)NCCCC(=O)OC)nc3ccccc23)C1. The molecule has 1 unspecified atom stereocenters. The number of para-hydroxylation sites is 1. The quantitative estimate of drug-likeness (QED) is 0.511. The molecule has 0 aliphatic carbocycles. The number of rotatable bonds is 8. The smallest absolute Gasteiger partial charge is 0.310 e. The lowest BCUT2D eigenvalue weighted by Crippen LogP contribution is -2.39. The van der Waals surface area contributed by atoms with Crippen LogP contribution in [0.2, 0.25) is 0 Å². The Morgan fingerprint density at radius 2 is 2.06 bits per heavy atom. The predicted octanol–water partition coefficient (Wildman–Crippen LogP) is 2.70. The summed E-state index contributed by atoms with van der Waals surface area (Å²) in [5.41, 5.74) is 1.92.